The van der Waals surface area contributed by atoms with Crippen LogP contribution in [0.15, 0.2) is 24.3 Å². The third-order valence-electron chi connectivity index (χ3n) is 3.03. The van der Waals surface area contributed by atoms with Gasteiger partial charge in [-0.2, -0.15) is 10.2 Å². The van der Waals surface area contributed by atoms with Gasteiger partial charge in [0.05, 0.1) is 11.2 Å². The van der Waals surface area contributed by atoms with E-state index in [0.717, 1.165) is 22.2 Å². The quantitative estimate of drug-likeness (QED) is 0.731. The lowest BCUT2D eigenvalue weighted by atomic mass is 10.1. The molecule has 3 rings (SSSR count). The summed E-state index contributed by atoms with van der Waals surface area (Å²) in [5.74, 6) is 0.613. The third kappa shape index (κ3) is 1.48. The van der Waals surface area contributed by atoms with Crippen LogP contribution in [-0.4, -0.2) is 19.6 Å². The normalized spacial score (nSPS) is 11.3. The summed E-state index contributed by atoms with van der Waals surface area (Å²) < 4.78 is 3.39. The maximum atomic E-state index is 6.18. The highest BCUT2D eigenvalue weighted by atomic mass is 35.5. The largest absolute Gasteiger partial charge is 0.384 e. The van der Waals surface area contributed by atoms with Crippen LogP contribution in [0.25, 0.3) is 22.2 Å². The van der Waals surface area contributed by atoms with Crippen molar-refractivity contribution in [3.05, 3.63) is 29.4 Å². The average Bonchev–Trinajstić information content (AvgIpc) is 2.82. The van der Waals surface area contributed by atoms with E-state index in [0.29, 0.717) is 11.0 Å². The molecule has 0 radical (unpaired) electrons. The number of nitrogens with two attached hydrogens (primary N) is 1. The number of halogens is 1. The number of hydrogen-bond acceptors (Lipinski definition) is 3. The van der Waals surface area contributed by atoms with Crippen LogP contribution in [0.4, 0.5) is 5.82 Å². The van der Waals surface area contributed by atoms with Gasteiger partial charge in [-0.3, -0.25) is 9.36 Å². The molecule has 0 spiro atoms. The molecule has 18 heavy (non-hydrogen) atoms. The fourth-order valence-corrected chi connectivity index (χ4v) is 2.40. The lowest BCUT2D eigenvalue weighted by molar-refractivity contribution is 0.782. The highest BCUT2D eigenvalue weighted by Gasteiger charge is 2.14. The summed E-state index contributed by atoms with van der Waals surface area (Å²) in [5, 5.41) is 9.98. The molecule has 0 bridgehead atoms. The summed E-state index contributed by atoms with van der Waals surface area (Å²) in [6, 6.07) is 7.74. The first kappa shape index (κ1) is 11.1. The van der Waals surface area contributed by atoms with Crippen LogP contribution in [0.1, 0.15) is 0 Å². The predicted octanol–water partition coefficient (Wildman–Crippen LogP) is 2.21. The number of hydrogen-bond donors (Lipinski definition) is 1. The lowest BCUT2D eigenvalue weighted by Crippen LogP contribution is -1.96. The van der Waals surface area contributed by atoms with Crippen molar-refractivity contribution in [1.82, 2.24) is 19.6 Å². The van der Waals surface area contributed by atoms with Crippen molar-refractivity contribution in [3.63, 3.8) is 0 Å². The van der Waals surface area contributed by atoms with Crippen LogP contribution in [0.3, 0.4) is 0 Å². The second kappa shape index (κ2) is 3.74. The van der Waals surface area contributed by atoms with Gasteiger partial charge in [-0.25, -0.2) is 0 Å². The summed E-state index contributed by atoms with van der Waals surface area (Å²) in [5.41, 5.74) is 8.53. The Labute approximate surface area is 109 Å². The molecule has 6 heteroatoms. The minimum atomic E-state index is 0.479. The van der Waals surface area contributed by atoms with Crippen molar-refractivity contribution in [2.45, 2.75) is 0 Å². The lowest BCUT2D eigenvalue weighted by Gasteiger charge is -2.00. The van der Waals surface area contributed by atoms with Gasteiger partial charge < -0.3 is 5.73 Å². The zero-order valence-electron chi connectivity index (χ0n) is 10.1. The molecule has 0 atom stereocenters. The SMILES string of the molecule is Cn1nc(-c2cccc3c2c(Cl)nn3C)cc1N. The molecule has 5 nitrogen and oxygen atoms in total. The Bertz CT molecular complexity index is 721. The fraction of sp³-hybridized carbons (Fsp3) is 0.167. The van der Waals surface area contributed by atoms with E-state index in [9.17, 15) is 0 Å². The monoisotopic (exact) mass is 261 g/mol. The molecule has 2 heterocycles. The Hall–Kier alpha value is -2.01. The van der Waals surface area contributed by atoms with Gasteiger partial charge in [-0.05, 0) is 6.07 Å². The van der Waals surface area contributed by atoms with E-state index in [4.69, 9.17) is 17.3 Å². The van der Waals surface area contributed by atoms with Gasteiger partial charge in [0.15, 0.2) is 5.15 Å². The number of benzene rings is 1. The number of nitrogens with zero attached hydrogens (tertiary/aromatic N) is 4. The Kier molecular flexibility index (Phi) is 2.31. The molecule has 3 aromatic rings. The van der Waals surface area contributed by atoms with E-state index < -0.39 is 0 Å². The molecule has 0 aliphatic carbocycles. The average molecular weight is 262 g/mol. The zero-order valence-corrected chi connectivity index (χ0v) is 10.8. The maximum absolute atomic E-state index is 6.18. The van der Waals surface area contributed by atoms with Gasteiger partial charge in [0, 0.05) is 31.1 Å². The van der Waals surface area contributed by atoms with E-state index >= 15 is 0 Å². The smallest absolute Gasteiger partial charge is 0.159 e. The topological polar surface area (TPSA) is 61.7 Å². The molecule has 0 amide bonds. The number of anilines is 1. The van der Waals surface area contributed by atoms with Crippen LogP contribution in [-0.2, 0) is 14.1 Å². The molecule has 92 valence electrons. The van der Waals surface area contributed by atoms with Crippen molar-refractivity contribution in [1.29, 1.82) is 0 Å². The number of fused-ring (bicyclic) bond motifs is 1. The molecule has 0 fully saturated rings. The van der Waals surface area contributed by atoms with Gasteiger partial charge in [-0.1, -0.05) is 23.7 Å². The van der Waals surface area contributed by atoms with Crippen LogP contribution < -0.4 is 5.73 Å². The Morgan fingerprint density at radius 1 is 1.17 bits per heavy atom. The van der Waals surface area contributed by atoms with Crippen LogP contribution in [0.5, 0.6) is 0 Å². The second-order valence-corrected chi connectivity index (χ2v) is 4.55. The second-order valence-electron chi connectivity index (χ2n) is 4.19. The fourth-order valence-electron chi connectivity index (χ4n) is 2.09. The van der Waals surface area contributed by atoms with Crippen LogP contribution in [0, 0.1) is 0 Å². The first-order chi connectivity index (χ1) is 8.58. The predicted molar refractivity (Wildman–Crippen MR) is 72.3 cm³/mol. The molecule has 0 saturated carbocycles. The van der Waals surface area contributed by atoms with Crippen LogP contribution in [0.2, 0.25) is 5.15 Å². The molecule has 2 aromatic heterocycles. The summed E-state index contributed by atoms with van der Waals surface area (Å²) in [6.07, 6.45) is 0. The number of aromatic nitrogens is 4. The Morgan fingerprint density at radius 3 is 2.61 bits per heavy atom. The van der Waals surface area contributed by atoms with Gasteiger partial charge in [-0.15, -0.1) is 0 Å². The van der Waals surface area contributed by atoms with Crippen molar-refractivity contribution >= 4 is 28.3 Å². The van der Waals surface area contributed by atoms with Crippen molar-refractivity contribution in [2.24, 2.45) is 14.1 Å². The first-order valence-corrected chi connectivity index (χ1v) is 5.87. The summed E-state index contributed by atoms with van der Waals surface area (Å²) in [4.78, 5) is 0. The third-order valence-corrected chi connectivity index (χ3v) is 3.29. The van der Waals surface area contributed by atoms with Gasteiger partial charge in [0.25, 0.3) is 0 Å². The first-order valence-electron chi connectivity index (χ1n) is 5.49. The maximum Gasteiger partial charge on any atom is 0.159 e. The number of rotatable bonds is 1. The minimum absolute atomic E-state index is 0.479. The van der Waals surface area contributed by atoms with Gasteiger partial charge >= 0.3 is 0 Å². The highest BCUT2D eigenvalue weighted by Crippen LogP contribution is 2.32. The van der Waals surface area contributed by atoms with Crippen molar-refractivity contribution in [3.8, 4) is 11.3 Å². The molecule has 1 aromatic carbocycles. The number of nitrogen functional groups attached to an aromatic ring is 1. The Morgan fingerprint density at radius 2 is 1.94 bits per heavy atom. The summed E-state index contributed by atoms with van der Waals surface area (Å²) in [6.45, 7) is 0. The molecule has 0 aliphatic heterocycles. The molecule has 2 N–H and O–H groups in total. The molecule has 0 aliphatic rings. The van der Waals surface area contributed by atoms with E-state index in [1.54, 1.807) is 9.36 Å². The highest BCUT2D eigenvalue weighted by molar-refractivity contribution is 6.35. The zero-order chi connectivity index (χ0) is 12.9. The van der Waals surface area contributed by atoms with Gasteiger partial charge in [0.2, 0.25) is 0 Å². The standard InChI is InChI=1S/C12H12ClN5/c1-17-9-5-3-4-7(11(9)12(13)16-17)8-6-10(14)18(2)15-8/h3-6H,14H2,1-2H3. The van der Waals surface area contributed by atoms with Crippen molar-refractivity contribution in [2.75, 3.05) is 5.73 Å². The van der Waals surface area contributed by atoms with Crippen molar-refractivity contribution < 1.29 is 0 Å². The molecule has 0 unspecified atom stereocenters. The van der Waals surface area contributed by atoms with Crippen LogP contribution >= 0.6 is 11.6 Å². The van der Waals surface area contributed by atoms with E-state index in [1.165, 1.54) is 0 Å². The minimum Gasteiger partial charge on any atom is -0.384 e. The van der Waals surface area contributed by atoms with E-state index in [-0.39, 0.29) is 0 Å². The molecule has 0 saturated heterocycles. The summed E-state index contributed by atoms with van der Waals surface area (Å²) in [7, 11) is 3.68. The van der Waals surface area contributed by atoms with E-state index in [1.807, 2.05) is 38.4 Å². The summed E-state index contributed by atoms with van der Waals surface area (Å²) >= 11 is 6.18. The van der Waals surface area contributed by atoms with E-state index in [2.05, 4.69) is 10.2 Å². The Balaban J connectivity index is 2.35. The van der Waals surface area contributed by atoms with Gasteiger partial charge in [0.1, 0.15) is 5.82 Å². The molecular formula is C12H12ClN5. The molecular weight excluding hydrogens is 250 g/mol. The number of aryl methyl sites for hydroxylation is 2.